The SMILES string of the molecule is Cc1ccc2nc(-c3ccc(NC(=O)CC(=O)c4ccc([N+](=O)[O-])cc4)cc3)sc2c1. The van der Waals surface area contributed by atoms with E-state index in [1.807, 2.05) is 31.2 Å². The molecule has 0 spiro atoms. The van der Waals surface area contributed by atoms with Crippen molar-refractivity contribution < 1.29 is 14.5 Å². The minimum atomic E-state index is -0.542. The van der Waals surface area contributed by atoms with Crippen molar-refractivity contribution in [2.24, 2.45) is 0 Å². The van der Waals surface area contributed by atoms with E-state index in [-0.39, 0.29) is 17.7 Å². The number of nitrogens with one attached hydrogen (secondary N) is 1. The number of amides is 1. The molecule has 1 heterocycles. The van der Waals surface area contributed by atoms with E-state index < -0.39 is 16.6 Å². The Hall–Kier alpha value is -3.91. The molecule has 1 aromatic heterocycles. The lowest BCUT2D eigenvalue weighted by Crippen LogP contribution is -2.16. The summed E-state index contributed by atoms with van der Waals surface area (Å²) >= 11 is 1.61. The van der Waals surface area contributed by atoms with Gasteiger partial charge in [0.2, 0.25) is 5.91 Å². The third-order valence-corrected chi connectivity index (χ3v) is 5.75. The van der Waals surface area contributed by atoms with Gasteiger partial charge in [0.1, 0.15) is 5.01 Å². The molecule has 31 heavy (non-hydrogen) atoms. The highest BCUT2D eigenvalue weighted by atomic mass is 32.1. The number of hydrogen-bond donors (Lipinski definition) is 1. The summed E-state index contributed by atoms with van der Waals surface area (Å²) < 4.78 is 1.12. The first-order chi connectivity index (χ1) is 14.9. The van der Waals surface area contributed by atoms with Crippen LogP contribution in [0.4, 0.5) is 11.4 Å². The number of aryl methyl sites for hydroxylation is 1. The number of nitro groups is 1. The Morgan fingerprint density at radius 2 is 1.74 bits per heavy atom. The molecule has 0 aliphatic rings. The summed E-state index contributed by atoms with van der Waals surface area (Å²) in [6, 6.07) is 18.6. The summed E-state index contributed by atoms with van der Waals surface area (Å²) in [6.45, 7) is 2.04. The first-order valence-electron chi connectivity index (χ1n) is 9.44. The van der Waals surface area contributed by atoms with Crippen molar-refractivity contribution in [3.05, 3.63) is 88.0 Å². The van der Waals surface area contributed by atoms with Crippen LogP contribution in [-0.4, -0.2) is 21.6 Å². The van der Waals surface area contributed by atoms with Gasteiger partial charge >= 0.3 is 0 Å². The molecule has 3 aromatic carbocycles. The second-order valence-electron chi connectivity index (χ2n) is 7.02. The summed E-state index contributed by atoms with van der Waals surface area (Å²) in [5.74, 6) is -0.861. The first-order valence-corrected chi connectivity index (χ1v) is 10.3. The van der Waals surface area contributed by atoms with E-state index in [0.29, 0.717) is 5.69 Å². The number of aromatic nitrogens is 1. The fraction of sp³-hybridized carbons (Fsp3) is 0.0870. The lowest BCUT2D eigenvalue weighted by atomic mass is 10.1. The van der Waals surface area contributed by atoms with Gasteiger partial charge in [-0.05, 0) is 61.0 Å². The van der Waals surface area contributed by atoms with Gasteiger partial charge in [0.05, 0.1) is 21.6 Å². The highest BCUT2D eigenvalue weighted by Gasteiger charge is 2.14. The normalized spacial score (nSPS) is 10.7. The van der Waals surface area contributed by atoms with Crippen molar-refractivity contribution in [1.82, 2.24) is 4.98 Å². The lowest BCUT2D eigenvalue weighted by Gasteiger charge is -2.06. The number of nitro benzene ring substituents is 1. The minimum absolute atomic E-state index is 0.107. The second kappa shape index (κ2) is 8.45. The predicted octanol–water partition coefficient (Wildman–Crippen LogP) is 5.39. The van der Waals surface area contributed by atoms with Crippen LogP contribution in [0.3, 0.4) is 0 Å². The van der Waals surface area contributed by atoms with Crippen molar-refractivity contribution in [3.63, 3.8) is 0 Å². The number of non-ortho nitro benzene ring substituents is 1. The number of thiazole rings is 1. The lowest BCUT2D eigenvalue weighted by molar-refractivity contribution is -0.384. The van der Waals surface area contributed by atoms with Crippen LogP contribution >= 0.6 is 11.3 Å². The fourth-order valence-electron chi connectivity index (χ4n) is 3.07. The van der Waals surface area contributed by atoms with Crippen LogP contribution in [-0.2, 0) is 4.79 Å². The molecule has 0 saturated heterocycles. The summed E-state index contributed by atoms with van der Waals surface area (Å²) in [7, 11) is 0. The number of ketones is 1. The van der Waals surface area contributed by atoms with E-state index in [9.17, 15) is 19.7 Å². The number of carbonyl (C=O) groups is 2. The maximum Gasteiger partial charge on any atom is 0.269 e. The quantitative estimate of drug-likeness (QED) is 0.191. The Kier molecular flexibility index (Phi) is 5.55. The number of carbonyl (C=O) groups excluding carboxylic acids is 2. The zero-order valence-electron chi connectivity index (χ0n) is 16.5. The molecule has 0 atom stereocenters. The van der Waals surface area contributed by atoms with Crippen LogP contribution in [0.15, 0.2) is 66.7 Å². The molecule has 7 nitrogen and oxygen atoms in total. The van der Waals surface area contributed by atoms with Gasteiger partial charge in [0.15, 0.2) is 5.78 Å². The van der Waals surface area contributed by atoms with Crippen molar-refractivity contribution in [2.75, 3.05) is 5.32 Å². The number of fused-ring (bicyclic) bond motifs is 1. The molecule has 0 fully saturated rings. The Morgan fingerprint density at radius 1 is 1.03 bits per heavy atom. The van der Waals surface area contributed by atoms with Gasteiger partial charge in [0, 0.05) is 28.9 Å². The van der Waals surface area contributed by atoms with E-state index in [1.54, 1.807) is 23.5 Å². The van der Waals surface area contributed by atoms with E-state index >= 15 is 0 Å². The summed E-state index contributed by atoms with van der Waals surface area (Å²) in [4.78, 5) is 39.3. The number of rotatable bonds is 6. The zero-order chi connectivity index (χ0) is 22.0. The van der Waals surface area contributed by atoms with Crippen molar-refractivity contribution in [1.29, 1.82) is 0 Å². The van der Waals surface area contributed by atoms with Crippen molar-refractivity contribution >= 4 is 44.6 Å². The standard InChI is InChI=1S/C23H17N3O4S/c1-14-2-11-19-21(12-14)31-23(25-19)16-3-7-17(8-4-16)24-22(28)13-20(27)15-5-9-18(10-6-15)26(29)30/h2-12H,13H2,1H3,(H,24,28). The van der Waals surface area contributed by atoms with Gasteiger partial charge in [-0.1, -0.05) is 6.07 Å². The molecular formula is C23H17N3O4S. The fourth-order valence-corrected chi connectivity index (χ4v) is 4.14. The van der Waals surface area contributed by atoms with Crippen molar-refractivity contribution in [2.45, 2.75) is 13.3 Å². The van der Waals surface area contributed by atoms with Gasteiger partial charge in [0.25, 0.3) is 5.69 Å². The van der Waals surface area contributed by atoms with E-state index in [0.717, 1.165) is 20.8 Å². The maximum atomic E-state index is 12.2. The number of Topliss-reactive ketones (excluding diaryl/α,β-unsaturated/α-hetero) is 1. The average molecular weight is 431 g/mol. The Morgan fingerprint density at radius 3 is 2.42 bits per heavy atom. The molecule has 4 aromatic rings. The van der Waals surface area contributed by atoms with Crippen molar-refractivity contribution in [3.8, 4) is 10.6 Å². The highest BCUT2D eigenvalue weighted by molar-refractivity contribution is 7.21. The van der Waals surface area contributed by atoms with Gasteiger partial charge in [-0.2, -0.15) is 0 Å². The zero-order valence-corrected chi connectivity index (χ0v) is 17.3. The topological polar surface area (TPSA) is 102 Å². The Balaban J connectivity index is 1.40. The maximum absolute atomic E-state index is 12.2. The smallest absolute Gasteiger partial charge is 0.269 e. The van der Waals surface area contributed by atoms with Crippen LogP contribution in [0.1, 0.15) is 22.3 Å². The monoisotopic (exact) mass is 431 g/mol. The number of benzene rings is 3. The molecule has 0 aliphatic carbocycles. The van der Waals surface area contributed by atoms with Crippen LogP contribution in [0.5, 0.6) is 0 Å². The summed E-state index contributed by atoms with van der Waals surface area (Å²) in [5.41, 5.74) is 3.80. The molecule has 0 aliphatic heterocycles. The van der Waals surface area contributed by atoms with E-state index in [4.69, 9.17) is 0 Å². The van der Waals surface area contributed by atoms with Gasteiger partial charge in [-0.15, -0.1) is 11.3 Å². The third kappa shape index (κ3) is 4.65. The average Bonchev–Trinajstić information content (AvgIpc) is 3.17. The largest absolute Gasteiger partial charge is 0.326 e. The van der Waals surface area contributed by atoms with E-state index in [1.165, 1.54) is 29.8 Å². The Bertz CT molecular complexity index is 1290. The van der Waals surface area contributed by atoms with Gasteiger partial charge < -0.3 is 5.32 Å². The minimum Gasteiger partial charge on any atom is -0.326 e. The van der Waals surface area contributed by atoms with Crippen LogP contribution < -0.4 is 5.32 Å². The first kappa shape index (κ1) is 20.4. The molecular weight excluding hydrogens is 414 g/mol. The number of nitrogens with zero attached hydrogens (tertiary/aromatic N) is 2. The number of hydrogen-bond acceptors (Lipinski definition) is 6. The Labute approximate surface area is 181 Å². The molecule has 0 unspecified atom stereocenters. The molecule has 8 heteroatoms. The summed E-state index contributed by atoms with van der Waals surface area (Å²) in [5, 5.41) is 14.3. The van der Waals surface area contributed by atoms with Gasteiger partial charge in [-0.25, -0.2) is 4.98 Å². The molecule has 0 saturated carbocycles. The van der Waals surface area contributed by atoms with Crippen LogP contribution in [0.2, 0.25) is 0 Å². The molecule has 1 amide bonds. The highest BCUT2D eigenvalue weighted by Crippen LogP contribution is 2.31. The summed E-state index contributed by atoms with van der Waals surface area (Å²) in [6.07, 6.45) is -0.350. The number of anilines is 1. The molecule has 4 rings (SSSR count). The molecule has 154 valence electrons. The van der Waals surface area contributed by atoms with Crippen LogP contribution in [0.25, 0.3) is 20.8 Å². The second-order valence-corrected chi connectivity index (χ2v) is 8.05. The molecule has 0 bridgehead atoms. The third-order valence-electron chi connectivity index (χ3n) is 4.68. The van der Waals surface area contributed by atoms with Gasteiger partial charge in [-0.3, -0.25) is 19.7 Å². The van der Waals surface area contributed by atoms with Crippen LogP contribution in [0, 0.1) is 17.0 Å². The van der Waals surface area contributed by atoms with E-state index in [2.05, 4.69) is 16.4 Å². The predicted molar refractivity (Wildman–Crippen MR) is 120 cm³/mol. The molecule has 1 N–H and O–H groups in total. The molecule has 0 radical (unpaired) electrons.